The highest BCUT2D eigenvalue weighted by atomic mass is 15.2. The summed E-state index contributed by atoms with van der Waals surface area (Å²) < 4.78 is 0. The fourth-order valence-corrected chi connectivity index (χ4v) is 5.73. The van der Waals surface area contributed by atoms with Crippen LogP contribution in [0.3, 0.4) is 0 Å². The van der Waals surface area contributed by atoms with Gasteiger partial charge in [0.25, 0.3) is 0 Å². The van der Waals surface area contributed by atoms with Gasteiger partial charge in [-0.2, -0.15) is 5.26 Å². The van der Waals surface area contributed by atoms with E-state index in [1.54, 1.807) is 0 Å². The molecule has 1 aliphatic carbocycles. The Kier molecular flexibility index (Phi) is 5.39. The van der Waals surface area contributed by atoms with Gasteiger partial charge in [0.15, 0.2) is 0 Å². The zero-order valence-corrected chi connectivity index (χ0v) is 19.5. The molecule has 2 fully saturated rings. The molecule has 170 valence electrons. The van der Waals surface area contributed by atoms with Gasteiger partial charge in [-0.3, -0.25) is 4.98 Å². The molecule has 3 aliphatic rings. The van der Waals surface area contributed by atoms with Gasteiger partial charge in [0.05, 0.1) is 29.2 Å². The lowest BCUT2D eigenvalue weighted by molar-refractivity contribution is 0.409. The smallest absolute Gasteiger partial charge is 0.147 e. The third-order valence-corrected chi connectivity index (χ3v) is 7.64. The van der Waals surface area contributed by atoms with Crippen molar-refractivity contribution in [2.75, 3.05) is 31.1 Å². The Morgan fingerprint density at radius 1 is 0.912 bits per heavy atom. The van der Waals surface area contributed by atoms with Crippen molar-refractivity contribution in [2.45, 2.75) is 19.8 Å². The first-order valence-electron chi connectivity index (χ1n) is 12.4. The first-order chi connectivity index (χ1) is 16.7. The molecule has 0 spiro atoms. The summed E-state index contributed by atoms with van der Waals surface area (Å²) in [4.78, 5) is 12.6. The van der Waals surface area contributed by atoms with Gasteiger partial charge in [0.1, 0.15) is 5.82 Å². The van der Waals surface area contributed by atoms with Crippen molar-refractivity contribution in [1.82, 2.24) is 15.3 Å². The van der Waals surface area contributed by atoms with Crippen LogP contribution in [0.25, 0.3) is 34.7 Å². The topological polar surface area (TPSA) is 64.8 Å². The summed E-state index contributed by atoms with van der Waals surface area (Å²) in [5.41, 5.74) is 4.48. The zero-order valence-electron chi connectivity index (χ0n) is 19.5. The summed E-state index contributed by atoms with van der Waals surface area (Å²) in [5.74, 6) is 2.95. The SMILES string of the molecule is CC1C=c2ccc(-c3ncc(N4CC[C@@H]5CNC[C@@H]5CC4)nc3-c3ccc(C#N)cc3)cc2=C1. The van der Waals surface area contributed by atoms with Crippen LogP contribution >= 0.6 is 0 Å². The van der Waals surface area contributed by atoms with E-state index in [9.17, 15) is 5.26 Å². The zero-order chi connectivity index (χ0) is 23.1. The second kappa shape index (κ2) is 8.70. The van der Waals surface area contributed by atoms with E-state index in [4.69, 9.17) is 9.97 Å². The van der Waals surface area contributed by atoms with Gasteiger partial charge in [0.2, 0.25) is 0 Å². The molecule has 0 radical (unpaired) electrons. The van der Waals surface area contributed by atoms with Crippen LogP contribution in [0.15, 0.2) is 48.7 Å². The quantitative estimate of drug-likeness (QED) is 0.667. The fraction of sp³-hybridized carbons (Fsp3) is 0.345. The molecule has 2 aliphatic heterocycles. The standard InChI is InChI=1S/C29H29N5/c1-19-12-22-6-7-23(14-26(22)13-19)28-29(21-4-2-20(15-30)3-5-21)33-27(18-32-28)34-10-8-24-16-31-17-25(24)9-11-34/h2-7,12-14,18-19,24-25,31H,8-11,16-17H2,1H3/t19?,24-,25+. The molecule has 0 saturated carbocycles. The molecular weight excluding hydrogens is 418 g/mol. The number of nitrogens with zero attached hydrogens (tertiary/aromatic N) is 4. The largest absolute Gasteiger partial charge is 0.355 e. The summed E-state index contributed by atoms with van der Waals surface area (Å²) in [6.45, 7) is 6.54. The molecule has 2 aromatic carbocycles. The van der Waals surface area contributed by atoms with Crippen molar-refractivity contribution in [2.24, 2.45) is 17.8 Å². The summed E-state index contributed by atoms with van der Waals surface area (Å²) in [5, 5.41) is 15.4. The number of nitriles is 1. The second-order valence-electron chi connectivity index (χ2n) is 9.89. The van der Waals surface area contributed by atoms with E-state index in [1.165, 1.54) is 23.3 Å². The Morgan fingerprint density at radius 2 is 1.62 bits per heavy atom. The van der Waals surface area contributed by atoms with Crippen LogP contribution in [0.4, 0.5) is 5.82 Å². The average Bonchev–Trinajstić information content (AvgIpc) is 3.43. The second-order valence-corrected chi connectivity index (χ2v) is 9.89. The van der Waals surface area contributed by atoms with Gasteiger partial charge in [-0.1, -0.05) is 43.3 Å². The van der Waals surface area contributed by atoms with Gasteiger partial charge in [-0.05, 0) is 72.3 Å². The molecule has 1 unspecified atom stereocenters. The minimum absolute atomic E-state index is 0.453. The normalized spacial score (nSPS) is 23.3. The van der Waals surface area contributed by atoms with Gasteiger partial charge >= 0.3 is 0 Å². The Hall–Kier alpha value is -3.49. The van der Waals surface area contributed by atoms with E-state index in [0.29, 0.717) is 11.5 Å². The van der Waals surface area contributed by atoms with Crippen LogP contribution in [-0.2, 0) is 0 Å². The first kappa shape index (κ1) is 21.1. The molecule has 0 amide bonds. The number of hydrogen-bond donors (Lipinski definition) is 1. The maximum absolute atomic E-state index is 9.26. The number of anilines is 1. The minimum Gasteiger partial charge on any atom is -0.355 e. The van der Waals surface area contributed by atoms with E-state index >= 15 is 0 Å². The number of hydrogen-bond acceptors (Lipinski definition) is 5. The lowest BCUT2D eigenvalue weighted by Gasteiger charge is -2.23. The average molecular weight is 448 g/mol. The maximum Gasteiger partial charge on any atom is 0.147 e. The molecule has 3 aromatic rings. The number of rotatable bonds is 3. The number of aromatic nitrogens is 2. The predicted octanol–water partition coefficient (Wildman–Crippen LogP) is 3.33. The lowest BCUT2D eigenvalue weighted by atomic mass is 9.92. The summed E-state index contributed by atoms with van der Waals surface area (Å²) in [7, 11) is 0. The monoisotopic (exact) mass is 447 g/mol. The molecule has 2 saturated heterocycles. The third-order valence-electron chi connectivity index (χ3n) is 7.64. The molecule has 5 nitrogen and oxygen atoms in total. The van der Waals surface area contributed by atoms with Crippen molar-refractivity contribution in [3.8, 4) is 28.6 Å². The van der Waals surface area contributed by atoms with Gasteiger partial charge in [-0.15, -0.1) is 0 Å². The summed E-state index contributed by atoms with van der Waals surface area (Å²) >= 11 is 0. The van der Waals surface area contributed by atoms with Gasteiger partial charge < -0.3 is 10.2 Å². The van der Waals surface area contributed by atoms with Crippen molar-refractivity contribution in [3.05, 3.63) is 64.7 Å². The van der Waals surface area contributed by atoms with E-state index in [1.807, 2.05) is 30.5 Å². The highest BCUT2D eigenvalue weighted by Crippen LogP contribution is 2.33. The van der Waals surface area contributed by atoms with E-state index < -0.39 is 0 Å². The molecule has 0 bridgehead atoms. The van der Waals surface area contributed by atoms with Crippen molar-refractivity contribution >= 4 is 18.0 Å². The molecule has 6 rings (SSSR count). The van der Waals surface area contributed by atoms with E-state index in [2.05, 4.69) is 53.6 Å². The highest BCUT2D eigenvalue weighted by Gasteiger charge is 2.30. The fourth-order valence-electron chi connectivity index (χ4n) is 5.73. The molecule has 3 atom stereocenters. The Labute approximate surface area is 200 Å². The molecular formula is C29H29N5. The maximum atomic E-state index is 9.26. The third kappa shape index (κ3) is 3.89. The first-order valence-corrected chi connectivity index (χ1v) is 12.4. The van der Waals surface area contributed by atoms with Crippen LogP contribution in [0.5, 0.6) is 0 Å². The number of fused-ring (bicyclic) bond motifs is 2. The Morgan fingerprint density at radius 3 is 2.35 bits per heavy atom. The predicted molar refractivity (Wildman–Crippen MR) is 136 cm³/mol. The summed E-state index contributed by atoms with van der Waals surface area (Å²) in [6, 6.07) is 16.5. The van der Waals surface area contributed by atoms with Crippen LogP contribution < -0.4 is 20.7 Å². The lowest BCUT2D eigenvalue weighted by Crippen LogP contribution is -2.27. The van der Waals surface area contributed by atoms with Crippen LogP contribution in [0.1, 0.15) is 25.3 Å². The van der Waals surface area contributed by atoms with Crippen molar-refractivity contribution in [3.63, 3.8) is 0 Å². The minimum atomic E-state index is 0.453. The van der Waals surface area contributed by atoms with Gasteiger partial charge in [0, 0.05) is 24.2 Å². The van der Waals surface area contributed by atoms with E-state index in [-0.39, 0.29) is 0 Å². The molecule has 1 aromatic heterocycles. The van der Waals surface area contributed by atoms with Crippen LogP contribution in [0.2, 0.25) is 0 Å². The highest BCUT2D eigenvalue weighted by molar-refractivity contribution is 5.79. The number of benzene rings is 2. The summed E-state index contributed by atoms with van der Waals surface area (Å²) in [6.07, 6.45) is 8.93. The van der Waals surface area contributed by atoms with E-state index in [0.717, 1.165) is 66.3 Å². The Balaban J connectivity index is 1.42. The molecule has 34 heavy (non-hydrogen) atoms. The Bertz CT molecular complexity index is 1370. The molecule has 5 heteroatoms. The molecule has 1 N–H and O–H groups in total. The van der Waals surface area contributed by atoms with Crippen molar-refractivity contribution in [1.29, 1.82) is 5.26 Å². The molecule has 3 heterocycles. The van der Waals surface area contributed by atoms with Gasteiger partial charge in [-0.25, -0.2) is 4.98 Å². The van der Waals surface area contributed by atoms with Crippen molar-refractivity contribution < 1.29 is 0 Å². The number of nitrogens with one attached hydrogen (secondary N) is 1. The van der Waals surface area contributed by atoms with Crippen LogP contribution in [0, 0.1) is 29.1 Å². The van der Waals surface area contributed by atoms with Crippen LogP contribution in [-0.4, -0.2) is 36.1 Å².